The molecule has 4 aromatic rings. The van der Waals surface area contributed by atoms with Gasteiger partial charge < -0.3 is 9.84 Å². The van der Waals surface area contributed by atoms with Gasteiger partial charge in [-0.2, -0.15) is 4.98 Å². The number of hydrogen-bond acceptors (Lipinski definition) is 5. The highest BCUT2D eigenvalue weighted by molar-refractivity contribution is 5.94. The van der Waals surface area contributed by atoms with Gasteiger partial charge in [0.2, 0.25) is 17.6 Å². The standard InChI is InChI=1S/C21H18N4O2/c26-19(23-14-15-10-12-22-13-11-15)8-9-20-24-21(25-27-20)18-7-3-5-16-4-1-2-6-17(16)18/h1-7,10-13H,8-9,14H2,(H,23,26). The summed E-state index contributed by atoms with van der Waals surface area (Å²) in [7, 11) is 0. The summed E-state index contributed by atoms with van der Waals surface area (Å²) in [4.78, 5) is 20.4. The average molecular weight is 358 g/mol. The third kappa shape index (κ3) is 4.00. The highest BCUT2D eigenvalue weighted by Gasteiger charge is 2.12. The van der Waals surface area contributed by atoms with Gasteiger partial charge in [-0.1, -0.05) is 47.6 Å². The summed E-state index contributed by atoms with van der Waals surface area (Å²) in [6, 6.07) is 17.8. The molecule has 2 aromatic heterocycles. The number of fused-ring (bicyclic) bond motifs is 1. The Balaban J connectivity index is 1.39. The molecule has 6 nitrogen and oxygen atoms in total. The Morgan fingerprint density at radius 2 is 1.81 bits per heavy atom. The molecular formula is C21H18N4O2. The summed E-state index contributed by atoms with van der Waals surface area (Å²) in [5.41, 5.74) is 1.93. The molecule has 6 heteroatoms. The van der Waals surface area contributed by atoms with Crippen LogP contribution in [0.3, 0.4) is 0 Å². The van der Waals surface area contributed by atoms with Crippen molar-refractivity contribution < 1.29 is 9.32 Å². The fraction of sp³-hybridized carbons (Fsp3) is 0.143. The molecule has 2 aromatic carbocycles. The zero-order chi connectivity index (χ0) is 18.5. The molecule has 1 amide bonds. The first kappa shape index (κ1) is 16.9. The molecule has 2 heterocycles. The minimum absolute atomic E-state index is 0.0586. The van der Waals surface area contributed by atoms with E-state index >= 15 is 0 Å². The van der Waals surface area contributed by atoms with Crippen molar-refractivity contribution in [1.82, 2.24) is 20.4 Å². The van der Waals surface area contributed by atoms with E-state index in [1.165, 1.54) is 0 Å². The van der Waals surface area contributed by atoms with Crippen molar-refractivity contribution in [1.29, 1.82) is 0 Å². The number of aromatic nitrogens is 3. The molecule has 0 aliphatic rings. The van der Waals surface area contributed by atoms with Crippen molar-refractivity contribution >= 4 is 16.7 Å². The third-order valence-electron chi connectivity index (χ3n) is 4.30. The monoisotopic (exact) mass is 358 g/mol. The molecule has 0 radical (unpaired) electrons. The number of hydrogen-bond donors (Lipinski definition) is 1. The van der Waals surface area contributed by atoms with Crippen LogP contribution in [0.4, 0.5) is 0 Å². The van der Waals surface area contributed by atoms with Crippen LogP contribution in [-0.2, 0) is 17.8 Å². The number of amides is 1. The van der Waals surface area contributed by atoms with E-state index in [0.29, 0.717) is 31.1 Å². The van der Waals surface area contributed by atoms with E-state index in [2.05, 4.69) is 20.4 Å². The molecule has 134 valence electrons. The first-order chi connectivity index (χ1) is 13.3. The van der Waals surface area contributed by atoms with E-state index in [1.807, 2.05) is 54.6 Å². The second-order valence-corrected chi connectivity index (χ2v) is 6.17. The van der Waals surface area contributed by atoms with E-state index in [1.54, 1.807) is 12.4 Å². The van der Waals surface area contributed by atoms with Crippen LogP contribution in [0.25, 0.3) is 22.2 Å². The Bertz CT molecular complexity index is 1050. The maximum absolute atomic E-state index is 12.0. The summed E-state index contributed by atoms with van der Waals surface area (Å²) in [5, 5.41) is 9.15. The van der Waals surface area contributed by atoms with Crippen LogP contribution in [0, 0.1) is 0 Å². The van der Waals surface area contributed by atoms with Crippen molar-refractivity contribution in [2.75, 3.05) is 0 Å². The number of carbonyl (C=O) groups excluding carboxylic acids is 1. The molecule has 0 fully saturated rings. The number of rotatable bonds is 6. The molecule has 1 N–H and O–H groups in total. The van der Waals surface area contributed by atoms with Crippen LogP contribution < -0.4 is 5.32 Å². The molecule has 0 unspecified atom stereocenters. The molecule has 27 heavy (non-hydrogen) atoms. The molecule has 0 atom stereocenters. The number of aryl methyl sites for hydroxylation is 1. The molecule has 0 aliphatic carbocycles. The molecule has 0 bridgehead atoms. The lowest BCUT2D eigenvalue weighted by atomic mass is 10.0. The van der Waals surface area contributed by atoms with Crippen molar-refractivity contribution in [3.8, 4) is 11.4 Å². The van der Waals surface area contributed by atoms with Crippen molar-refractivity contribution in [3.63, 3.8) is 0 Å². The third-order valence-corrected chi connectivity index (χ3v) is 4.30. The van der Waals surface area contributed by atoms with Crippen LogP contribution in [0.15, 0.2) is 71.5 Å². The summed E-state index contributed by atoms with van der Waals surface area (Å²) < 4.78 is 5.33. The number of nitrogens with one attached hydrogen (secondary N) is 1. The van der Waals surface area contributed by atoms with Gasteiger partial charge in [0.05, 0.1) is 0 Å². The van der Waals surface area contributed by atoms with Crippen molar-refractivity contribution in [2.45, 2.75) is 19.4 Å². The highest BCUT2D eigenvalue weighted by atomic mass is 16.5. The highest BCUT2D eigenvalue weighted by Crippen LogP contribution is 2.26. The second-order valence-electron chi connectivity index (χ2n) is 6.17. The fourth-order valence-electron chi connectivity index (χ4n) is 2.90. The van der Waals surface area contributed by atoms with Gasteiger partial charge in [-0.3, -0.25) is 9.78 Å². The maximum Gasteiger partial charge on any atom is 0.227 e. The Morgan fingerprint density at radius 3 is 2.70 bits per heavy atom. The number of benzene rings is 2. The number of carbonyl (C=O) groups is 1. The molecule has 4 rings (SSSR count). The SMILES string of the molecule is O=C(CCc1nc(-c2cccc3ccccc23)no1)NCc1ccncc1. The summed E-state index contributed by atoms with van der Waals surface area (Å²) in [6.07, 6.45) is 4.10. The Hall–Kier alpha value is -3.54. The average Bonchev–Trinajstić information content (AvgIpc) is 3.20. The van der Waals surface area contributed by atoms with Gasteiger partial charge >= 0.3 is 0 Å². The quantitative estimate of drug-likeness (QED) is 0.570. The van der Waals surface area contributed by atoms with Crippen molar-refractivity contribution in [3.05, 3.63) is 78.4 Å². The fourth-order valence-corrected chi connectivity index (χ4v) is 2.90. The van der Waals surface area contributed by atoms with Crippen molar-refractivity contribution in [2.24, 2.45) is 0 Å². The van der Waals surface area contributed by atoms with E-state index in [9.17, 15) is 4.79 Å². The van der Waals surface area contributed by atoms with E-state index < -0.39 is 0 Å². The van der Waals surface area contributed by atoms with Gasteiger partial charge in [-0.05, 0) is 28.5 Å². The Kier molecular flexibility index (Phi) is 4.87. The predicted molar refractivity (Wildman–Crippen MR) is 102 cm³/mol. The normalized spacial score (nSPS) is 10.8. The van der Waals surface area contributed by atoms with Crippen LogP contribution in [0.1, 0.15) is 17.9 Å². The van der Waals surface area contributed by atoms with Gasteiger partial charge in [0.25, 0.3) is 0 Å². The number of pyridine rings is 1. The zero-order valence-electron chi connectivity index (χ0n) is 14.6. The van der Waals surface area contributed by atoms with Gasteiger partial charge in [-0.15, -0.1) is 0 Å². The lowest BCUT2D eigenvalue weighted by Crippen LogP contribution is -2.23. The lowest BCUT2D eigenvalue weighted by Gasteiger charge is -2.03. The minimum atomic E-state index is -0.0586. The van der Waals surface area contributed by atoms with Gasteiger partial charge in [0.1, 0.15) is 0 Å². The molecule has 0 spiro atoms. The maximum atomic E-state index is 12.0. The molecular weight excluding hydrogens is 340 g/mol. The van der Waals surface area contributed by atoms with Gasteiger partial charge in [0, 0.05) is 37.3 Å². The summed E-state index contributed by atoms with van der Waals surface area (Å²) in [6.45, 7) is 0.479. The van der Waals surface area contributed by atoms with Gasteiger partial charge in [0.15, 0.2) is 0 Å². The summed E-state index contributed by atoms with van der Waals surface area (Å²) >= 11 is 0. The lowest BCUT2D eigenvalue weighted by molar-refractivity contribution is -0.121. The second kappa shape index (κ2) is 7.78. The minimum Gasteiger partial charge on any atom is -0.352 e. The topological polar surface area (TPSA) is 80.9 Å². The first-order valence-electron chi connectivity index (χ1n) is 8.76. The Labute approximate surface area is 156 Å². The van der Waals surface area contributed by atoms with Gasteiger partial charge in [-0.25, -0.2) is 0 Å². The largest absolute Gasteiger partial charge is 0.352 e. The van der Waals surface area contributed by atoms with Crippen LogP contribution in [0.5, 0.6) is 0 Å². The Morgan fingerprint density at radius 1 is 1.00 bits per heavy atom. The van der Waals surface area contributed by atoms with E-state index in [-0.39, 0.29) is 5.91 Å². The molecule has 0 saturated carbocycles. The smallest absolute Gasteiger partial charge is 0.227 e. The summed E-state index contributed by atoms with van der Waals surface area (Å²) in [5.74, 6) is 0.938. The first-order valence-corrected chi connectivity index (χ1v) is 8.76. The van der Waals surface area contributed by atoms with E-state index in [0.717, 1.165) is 21.9 Å². The zero-order valence-corrected chi connectivity index (χ0v) is 14.6. The predicted octanol–water partition coefficient (Wildman–Crippen LogP) is 3.53. The molecule has 0 saturated heterocycles. The molecule has 0 aliphatic heterocycles. The van der Waals surface area contributed by atoms with Crippen LogP contribution in [0.2, 0.25) is 0 Å². The van der Waals surface area contributed by atoms with E-state index in [4.69, 9.17) is 4.52 Å². The number of nitrogens with zero attached hydrogens (tertiary/aromatic N) is 3. The van der Waals surface area contributed by atoms with Crippen LogP contribution in [-0.4, -0.2) is 21.0 Å². The van der Waals surface area contributed by atoms with Crippen LogP contribution >= 0.6 is 0 Å².